The number of likely N-dealkylation sites (N-methyl/N-ethyl adjacent to an activating group) is 1. The van der Waals surface area contributed by atoms with Gasteiger partial charge < -0.3 is 5.32 Å². The molecule has 0 bridgehead atoms. The van der Waals surface area contributed by atoms with E-state index in [4.69, 9.17) is 4.99 Å². The van der Waals surface area contributed by atoms with Crippen molar-refractivity contribution >= 4 is 11.7 Å². The quantitative estimate of drug-likeness (QED) is 0.170. The van der Waals surface area contributed by atoms with Gasteiger partial charge in [-0.3, -0.25) is 9.28 Å². The Morgan fingerprint density at radius 3 is 2.17 bits per heavy atom. The maximum Gasteiger partial charge on any atom is 0.221 e. The van der Waals surface area contributed by atoms with E-state index < -0.39 is 0 Å². The van der Waals surface area contributed by atoms with Gasteiger partial charge in [-0.1, -0.05) is 64.0 Å². The Morgan fingerprint density at radius 2 is 1.59 bits per heavy atom. The second kappa shape index (κ2) is 15.6. The van der Waals surface area contributed by atoms with Crippen LogP contribution in [0.5, 0.6) is 0 Å². The molecule has 4 heteroatoms. The van der Waals surface area contributed by atoms with Crippen molar-refractivity contribution in [2.45, 2.75) is 117 Å². The topological polar surface area (TPSA) is 41.5 Å². The van der Waals surface area contributed by atoms with E-state index in [9.17, 15) is 4.79 Å². The zero-order valence-electron chi connectivity index (χ0n) is 19.8. The van der Waals surface area contributed by atoms with E-state index in [0.29, 0.717) is 0 Å². The molecule has 168 valence electrons. The first kappa shape index (κ1) is 25.9. The first-order valence-electron chi connectivity index (χ1n) is 12.4. The molecule has 4 nitrogen and oxygen atoms in total. The van der Waals surface area contributed by atoms with Crippen LogP contribution in [0.3, 0.4) is 0 Å². The van der Waals surface area contributed by atoms with Gasteiger partial charge in [-0.05, 0) is 39.0 Å². The van der Waals surface area contributed by atoms with Gasteiger partial charge in [-0.2, -0.15) is 0 Å². The third-order valence-corrected chi connectivity index (χ3v) is 6.44. The molecule has 0 aromatic carbocycles. The summed E-state index contributed by atoms with van der Waals surface area (Å²) in [4.78, 5) is 16.3. The second-order valence-corrected chi connectivity index (χ2v) is 8.73. The lowest BCUT2D eigenvalue weighted by Gasteiger charge is -2.39. The van der Waals surface area contributed by atoms with Crippen LogP contribution in [-0.4, -0.2) is 42.0 Å². The first-order valence-corrected chi connectivity index (χ1v) is 12.4. The molecule has 0 spiro atoms. The number of hydrogen-bond acceptors (Lipinski definition) is 2. The van der Waals surface area contributed by atoms with Crippen LogP contribution in [-0.2, 0) is 4.79 Å². The normalized spacial score (nSPS) is 20.2. The van der Waals surface area contributed by atoms with Crippen LogP contribution in [0.4, 0.5) is 0 Å². The Labute approximate surface area is 180 Å². The molecular formula is C25H48N3O+. The van der Waals surface area contributed by atoms with E-state index in [-0.39, 0.29) is 12.1 Å². The number of nitrogens with one attached hydrogen (secondary N) is 1. The van der Waals surface area contributed by atoms with Crippen molar-refractivity contribution in [3.05, 3.63) is 12.2 Å². The van der Waals surface area contributed by atoms with E-state index in [1.54, 1.807) is 6.92 Å². The van der Waals surface area contributed by atoms with Crippen molar-refractivity contribution < 1.29 is 9.28 Å². The molecule has 1 aliphatic heterocycles. The molecule has 1 aliphatic rings. The molecule has 0 radical (unpaired) electrons. The fourth-order valence-corrected chi connectivity index (χ4v) is 4.56. The van der Waals surface area contributed by atoms with Crippen LogP contribution >= 0.6 is 0 Å². The van der Waals surface area contributed by atoms with Crippen molar-refractivity contribution in [3.63, 3.8) is 0 Å². The van der Waals surface area contributed by atoms with Crippen molar-refractivity contribution in [3.8, 4) is 0 Å². The molecule has 29 heavy (non-hydrogen) atoms. The SMILES string of the molecule is CCCCCCC/C=C/CCCCCCCC1=NCC[N+]1(CC)C(C)NC(C)=O. The van der Waals surface area contributed by atoms with Gasteiger partial charge in [0, 0.05) is 20.3 Å². The molecular weight excluding hydrogens is 358 g/mol. The molecule has 0 saturated carbocycles. The molecule has 0 fully saturated rings. The summed E-state index contributed by atoms with van der Waals surface area (Å²) in [5.41, 5.74) is 0. The fraction of sp³-hybridized carbons (Fsp3) is 0.840. The number of unbranched alkanes of at least 4 members (excludes halogenated alkanes) is 10. The number of rotatable bonds is 17. The number of nitrogens with zero attached hydrogens (tertiary/aromatic N) is 2. The molecule has 0 aliphatic carbocycles. The molecule has 0 saturated heterocycles. The lowest BCUT2D eigenvalue weighted by molar-refractivity contribution is -0.861. The van der Waals surface area contributed by atoms with Gasteiger partial charge in [0.2, 0.25) is 5.91 Å². The minimum absolute atomic E-state index is 0.0558. The van der Waals surface area contributed by atoms with Gasteiger partial charge in [0.15, 0.2) is 12.0 Å². The number of allylic oxidation sites excluding steroid dienone is 2. The van der Waals surface area contributed by atoms with Gasteiger partial charge in [-0.15, -0.1) is 0 Å². The Morgan fingerprint density at radius 1 is 1.00 bits per heavy atom. The Hall–Kier alpha value is -1.16. The third kappa shape index (κ3) is 9.93. The van der Waals surface area contributed by atoms with Crippen molar-refractivity contribution in [2.24, 2.45) is 4.99 Å². The summed E-state index contributed by atoms with van der Waals surface area (Å²) in [6, 6.07) is 0. The molecule has 2 atom stereocenters. The summed E-state index contributed by atoms with van der Waals surface area (Å²) < 4.78 is 0.850. The minimum Gasteiger partial charge on any atom is -0.307 e. The highest BCUT2D eigenvalue weighted by molar-refractivity contribution is 5.78. The molecule has 1 amide bonds. The fourth-order valence-electron chi connectivity index (χ4n) is 4.56. The van der Waals surface area contributed by atoms with Gasteiger partial charge in [0.05, 0.1) is 13.1 Å². The van der Waals surface area contributed by atoms with E-state index in [0.717, 1.165) is 30.5 Å². The number of amidine groups is 1. The van der Waals surface area contributed by atoms with Crippen molar-refractivity contribution in [1.82, 2.24) is 5.32 Å². The number of carbonyl (C=O) groups is 1. The van der Waals surface area contributed by atoms with Crippen molar-refractivity contribution in [2.75, 3.05) is 19.6 Å². The molecule has 1 rings (SSSR count). The monoisotopic (exact) mass is 406 g/mol. The van der Waals surface area contributed by atoms with Gasteiger partial charge in [0.25, 0.3) is 0 Å². The number of amides is 1. The van der Waals surface area contributed by atoms with Crippen LogP contribution in [0.1, 0.15) is 111 Å². The molecule has 2 unspecified atom stereocenters. The standard InChI is InChI=1S/C25H47N3O/c1-5-7-8-9-10-11-12-13-14-15-16-17-18-19-20-25-26-21-22-28(25,6-2)23(3)27-24(4)29/h12-13,23H,5-11,14-22H2,1-4H3/p+1/b13-12+. The summed E-state index contributed by atoms with van der Waals surface area (Å²) in [5.74, 6) is 1.36. The highest BCUT2D eigenvalue weighted by atomic mass is 16.1. The predicted molar refractivity (Wildman–Crippen MR) is 126 cm³/mol. The largest absolute Gasteiger partial charge is 0.307 e. The third-order valence-electron chi connectivity index (χ3n) is 6.44. The zero-order valence-corrected chi connectivity index (χ0v) is 19.8. The first-order chi connectivity index (χ1) is 14.1. The highest BCUT2D eigenvalue weighted by Gasteiger charge is 2.41. The lowest BCUT2D eigenvalue weighted by atomic mass is 10.1. The number of hydrogen-bond donors (Lipinski definition) is 1. The average molecular weight is 407 g/mol. The van der Waals surface area contributed by atoms with Crippen LogP contribution < -0.4 is 5.32 Å². The van der Waals surface area contributed by atoms with E-state index in [1.165, 1.54) is 82.9 Å². The maximum atomic E-state index is 11.5. The van der Waals surface area contributed by atoms with Gasteiger partial charge in [0.1, 0.15) is 6.54 Å². The predicted octanol–water partition coefficient (Wildman–Crippen LogP) is 6.36. The molecule has 1 N–H and O–H groups in total. The molecule has 1 heterocycles. The van der Waals surface area contributed by atoms with E-state index >= 15 is 0 Å². The van der Waals surface area contributed by atoms with Crippen LogP contribution in [0.25, 0.3) is 0 Å². The smallest absolute Gasteiger partial charge is 0.221 e. The summed E-state index contributed by atoms with van der Waals surface area (Å²) in [6.07, 6.45) is 21.9. The zero-order chi connectivity index (χ0) is 21.4. The van der Waals surface area contributed by atoms with Crippen LogP contribution in [0.15, 0.2) is 17.1 Å². The Bertz CT molecular complexity index is 500. The second-order valence-electron chi connectivity index (χ2n) is 8.73. The number of aliphatic imine (C=N–C) groups is 1. The number of carbonyl (C=O) groups excluding carboxylic acids is 1. The Kier molecular flexibility index (Phi) is 14.0. The van der Waals surface area contributed by atoms with Gasteiger partial charge >= 0.3 is 0 Å². The summed E-state index contributed by atoms with van der Waals surface area (Å²) in [6.45, 7) is 11.2. The average Bonchev–Trinajstić information content (AvgIpc) is 3.12. The van der Waals surface area contributed by atoms with Crippen LogP contribution in [0, 0.1) is 0 Å². The van der Waals surface area contributed by atoms with Crippen LogP contribution in [0.2, 0.25) is 0 Å². The lowest BCUT2D eigenvalue weighted by Crippen LogP contribution is -2.62. The highest BCUT2D eigenvalue weighted by Crippen LogP contribution is 2.23. The van der Waals surface area contributed by atoms with Gasteiger partial charge in [-0.25, -0.2) is 4.99 Å². The molecule has 0 aromatic heterocycles. The maximum absolute atomic E-state index is 11.5. The minimum atomic E-state index is 0.0558. The molecule has 0 aromatic rings. The summed E-state index contributed by atoms with van der Waals surface area (Å²) in [5, 5.41) is 3.10. The van der Waals surface area contributed by atoms with Crippen molar-refractivity contribution in [1.29, 1.82) is 0 Å². The van der Waals surface area contributed by atoms with E-state index in [1.807, 2.05) is 0 Å². The Balaban J connectivity index is 2.11. The number of quaternary nitrogens is 1. The summed E-state index contributed by atoms with van der Waals surface area (Å²) >= 11 is 0. The van der Waals surface area contributed by atoms with E-state index in [2.05, 4.69) is 38.2 Å². The summed E-state index contributed by atoms with van der Waals surface area (Å²) in [7, 11) is 0.